The van der Waals surface area contributed by atoms with Gasteiger partial charge in [0, 0.05) is 5.56 Å². The molecule has 0 amide bonds. The summed E-state index contributed by atoms with van der Waals surface area (Å²) in [5.41, 5.74) is -3.85. The van der Waals surface area contributed by atoms with Gasteiger partial charge < -0.3 is 9.97 Å². The van der Waals surface area contributed by atoms with Crippen LogP contribution < -0.4 is 11.1 Å². The second-order valence-corrected chi connectivity index (χ2v) is 3.74. The summed E-state index contributed by atoms with van der Waals surface area (Å²) in [6, 6.07) is 1.87. The normalized spacial score (nSPS) is 12.9. The van der Waals surface area contributed by atoms with Crippen LogP contribution in [0.2, 0.25) is 0 Å². The van der Waals surface area contributed by atoms with E-state index in [-0.39, 0.29) is 11.0 Å². The quantitative estimate of drug-likeness (QED) is 0.618. The van der Waals surface area contributed by atoms with E-state index in [4.69, 9.17) is 0 Å². The molecule has 0 fully saturated rings. The van der Waals surface area contributed by atoms with Crippen molar-refractivity contribution in [1.82, 2.24) is 9.97 Å². The number of benzene rings is 1. The zero-order valence-electron chi connectivity index (χ0n) is 8.94. The summed E-state index contributed by atoms with van der Waals surface area (Å²) in [5, 5.41) is 0. The van der Waals surface area contributed by atoms with Crippen molar-refractivity contribution >= 4 is 11.0 Å². The first-order chi connectivity index (χ1) is 8.63. The van der Waals surface area contributed by atoms with E-state index in [9.17, 15) is 31.5 Å². The number of aromatic amines is 2. The molecule has 2 rings (SSSR count). The molecular weight excluding hydrogens is 275 g/mol. The van der Waals surface area contributed by atoms with Gasteiger partial charge in [-0.25, -0.2) is 0 Å². The van der Waals surface area contributed by atoms with Crippen molar-refractivity contribution in [2.24, 2.45) is 0 Å². The molecule has 1 aromatic heterocycles. The maximum Gasteiger partial charge on any atom is 0.458 e. The summed E-state index contributed by atoms with van der Waals surface area (Å²) < 4.78 is 62.7. The first kappa shape index (κ1) is 13.2. The van der Waals surface area contributed by atoms with Crippen molar-refractivity contribution in [2.75, 3.05) is 0 Å². The minimum atomic E-state index is -5.75. The lowest BCUT2D eigenvalue weighted by molar-refractivity contribution is -0.289. The molecule has 1 aromatic carbocycles. The van der Waals surface area contributed by atoms with Gasteiger partial charge in [-0.3, -0.25) is 9.59 Å². The van der Waals surface area contributed by atoms with Crippen LogP contribution in [-0.2, 0) is 5.92 Å². The molecule has 0 bridgehead atoms. The fourth-order valence-electron chi connectivity index (χ4n) is 1.47. The van der Waals surface area contributed by atoms with Gasteiger partial charge in [-0.05, 0) is 12.1 Å². The highest BCUT2D eigenvalue weighted by molar-refractivity contribution is 5.74. The molecule has 9 heteroatoms. The van der Waals surface area contributed by atoms with Crippen molar-refractivity contribution in [3.63, 3.8) is 0 Å². The Kier molecular flexibility index (Phi) is 2.72. The largest absolute Gasteiger partial charge is 0.458 e. The van der Waals surface area contributed by atoms with Crippen molar-refractivity contribution in [1.29, 1.82) is 0 Å². The molecule has 0 atom stereocenters. The van der Waals surface area contributed by atoms with E-state index in [0.29, 0.717) is 12.1 Å². The standard InChI is InChI=1S/C10H5F5N2O2/c11-9(12,10(13,14)15)4-1-2-5-6(3-4)17-8(19)7(18)16-5/h1-3H,(H,16,18)(H,17,19). The molecular formula is C10H5F5N2O2. The minimum absolute atomic E-state index is 0.0497. The van der Waals surface area contributed by atoms with Crippen molar-refractivity contribution in [2.45, 2.75) is 12.1 Å². The van der Waals surface area contributed by atoms with E-state index in [1.807, 2.05) is 9.97 Å². The molecule has 2 aromatic rings. The fourth-order valence-corrected chi connectivity index (χ4v) is 1.47. The van der Waals surface area contributed by atoms with Gasteiger partial charge in [0.25, 0.3) is 0 Å². The highest BCUT2D eigenvalue weighted by Gasteiger charge is 2.58. The van der Waals surface area contributed by atoms with E-state index >= 15 is 0 Å². The van der Waals surface area contributed by atoms with E-state index < -0.39 is 28.8 Å². The molecule has 0 spiro atoms. The molecule has 0 aliphatic carbocycles. The number of fused-ring (bicyclic) bond motifs is 1. The molecule has 0 aliphatic rings. The number of halogens is 5. The zero-order valence-corrected chi connectivity index (χ0v) is 8.94. The second-order valence-electron chi connectivity index (χ2n) is 3.74. The number of aromatic nitrogens is 2. The van der Waals surface area contributed by atoms with Crippen LogP contribution in [0.25, 0.3) is 11.0 Å². The number of hydrogen-bond acceptors (Lipinski definition) is 2. The van der Waals surface area contributed by atoms with Crippen LogP contribution in [0.4, 0.5) is 22.0 Å². The number of alkyl halides is 5. The summed E-state index contributed by atoms with van der Waals surface area (Å²) in [7, 11) is 0. The number of hydrogen-bond donors (Lipinski definition) is 2. The molecule has 2 N–H and O–H groups in total. The minimum Gasteiger partial charge on any atom is -0.316 e. The molecule has 0 saturated carbocycles. The molecule has 0 unspecified atom stereocenters. The first-order valence-electron chi connectivity index (χ1n) is 4.84. The van der Waals surface area contributed by atoms with Crippen LogP contribution in [0.3, 0.4) is 0 Å². The van der Waals surface area contributed by atoms with E-state index in [0.717, 1.165) is 6.07 Å². The van der Waals surface area contributed by atoms with Crippen LogP contribution in [0.1, 0.15) is 5.56 Å². The Morgan fingerprint density at radius 3 is 1.89 bits per heavy atom. The Labute approximate surface area is 100 Å². The summed E-state index contributed by atoms with van der Waals surface area (Å²) >= 11 is 0. The molecule has 4 nitrogen and oxygen atoms in total. The average Bonchev–Trinajstić information content (AvgIpc) is 2.28. The van der Waals surface area contributed by atoms with Gasteiger partial charge in [-0.1, -0.05) is 6.07 Å². The van der Waals surface area contributed by atoms with Crippen molar-refractivity contribution < 1.29 is 22.0 Å². The van der Waals surface area contributed by atoms with Crippen LogP contribution in [0.5, 0.6) is 0 Å². The lowest BCUT2D eigenvalue weighted by Gasteiger charge is -2.19. The highest BCUT2D eigenvalue weighted by atomic mass is 19.4. The molecule has 0 saturated heterocycles. The number of rotatable bonds is 1. The Morgan fingerprint density at radius 2 is 1.37 bits per heavy atom. The Balaban J connectivity index is 2.69. The monoisotopic (exact) mass is 280 g/mol. The third kappa shape index (κ3) is 2.11. The fraction of sp³-hybridized carbons (Fsp3) is 0.200. The molecule has 0 radical (unpaired) electrons. The molecule has 102 valence electrons. The van der Waals surface area contributed by atoms with Gasteiger partial charge in [-0.15, -0.1) is 0 Å². The van der Waals surface area contributed by atoms with Crippen LogP contribution in [-0.4, -0.2) is 16.1 Å². The van der Waals surface area contributed by atoms with Gasteiger partial charge in [-0.2, -0.15) is 22.0 Å². The summed E-state index contributed by atoms with van der Waals surface area (Å²) in [6.07, 6.45) is -5.75. The average molecular weight is 280 g/mol. The molecule has 0 aliphatic heterocycles. The highest BCUT2D eigenvalue weighted by Crippen LogP contribution is 2.44. The Morgan fingerprint density at radius 1 is 0.842 bits per heavy atom. The van der Waals surface area contributed by atoms with Crippen LogP contribution >= 0.6 is 0 Å². The number of H-pyrrole nitrogens is 2. The van der Waals surface area contributed by atoms with E-state index in [2.05, 4.69) is 0 Å². The Hall–Kier alpha value is -2.19. The SMILES string of the molecule is O=c1[nH]c2ccc(C(F)(F)C(F)(F)F)cc2[nH]c1=O. The topological polar surface area (TPSA) is 65.7 Å². The predicted molar refractivity (Wildman–Crippen MR) is 55.1 cm³/mol. The summed E-state index contributed by atoms with van der Waals surface area (Å²) in [4.78, 5) is 25.9. The van der Waals surface area contributed by atoms with Gasteiger partial charge in [0.05, 0.1) is 11.0 Å². The maximum atomic E-state index is 13.1. The third-order valence-electron chi connectivity index (χ3n) is 2.44. The van der Waals surface area contributed by atoms with Crippen LogP contribution in [0, 0.1) is 0 Å². The zero-order chi connectivity index (χ0) is 14.4. The first-order valence-corrected chi connectivity index (χ1v) is 4.84. The Bertz CT molecular complexity index is 744. The van der Waals surface area contributed by atoms with Gasteiger partial charge in [0.1, 0.15) is 0 Å². The summed E-state index contributed by atoms with van der Waals surface area (Å²) in [5.74, 6) is -5.05. The predicted octanol–water partition coefficient (Wildman–Crippen LogP) is 1.87. The van der Waals surface area contributed by atoms with Crippen LogP contribution in [0.15, 0.2) is 27.8 Å². The summed E-state index contributed by atoms with van der Waals surface area (Å²) in [6.45, 7) is 0. The smallest absolute Gasteiger partial charge is 0.316 e. The molecule has 1 heterocycles. The van der Waals surface area contributed by atoms with Gasteiger partial charge in [0.2, 0.25) is 0 Å². The lowest BCUT2D eigenvalue weighted by Crippen LogP contribution is -2.34. The van der Waals surface area contributed by atoms with E-state index in [1.54, 1.807) is 0 Å². The second kappa shape index (κ2) is 3.90. The van der Waals surface area contributed by atoms with Gasteiger partial charge in [0.15, 0.2) is 0 Å². The third-order valence-corrected chi connectivity index (χ3v) is 2.44. The molecule has 19 heavy (non-hydrogen) atoms. The van der Waals surface area contributed by atoms with Crippen molar-refractivity contribution in [3.05, 3.63) is 44.5 Å². The maximum absolute atomic E-state index is 13.1. The van der Waals surface area contributed by atoms with Gasteiger partial charge >= 0.3 is 23.2 Å². The van der Waals surface area contributed by atoms with Crippen molar-refractivity contribution in [3.8, 4) is 0 Å². The lowest BCUT2D eigenvalue weighted by atomic mass is 10.1. The number of nitrogens with one attached hydrogen (secondary N) is 2. The van der Waals surface area contributed by atoms with E-state index in [1.165, 1.54) is 0 Å².